The number of ether oxygens (including phenoxy) is 1. The third kappa shape index (κ3) is 2.82. The number of nitrogens with one attached hydrogen (secondary N) is 1. The van der Waals surface area contributed by atoms with Gasteiger partial charge in [0.2, 0.25) is 0 Å². The molecule has 4 rings (SSSR count). The first-order valence-electron chi connectivity index (χ1n) is 7.50. The maximum Gasteiger partial charge on any atom is 0.138 e. The van der Waals surface area contributed by atoms with Gasteiger partial charge in [-0.05, 0) is 65.0 Å². The average Bonchev–Trinajstić information content (AvgIpc) is 3.22. The molecule has 112 valence electrons. The topological polar surface area (TPSA) is 50.8 Å². The van der Waals surface area contributed by atoms with Gasteiger partial charge in [-0.15, -0.1) is 5.10 Å². The molecule has 22 heavy (non-hydrogen) atoms. The first-order valence-corrected chi connectivity index (χ1v) is 8.58. The van der Waals surface area contributed by atoms with Gasteiger partial charge < -0.3 is 4.74 Å². The zero-order chi connectivity index (χ0) is 14.9. The predicted molar refractivity (Wildman–Crippen MR) is 93.8 cm³/mol. The summed E-state index contributed by atoms with van der Waals surface area (Å²) in [5, 5.41) is 11.1. The molecule has 1 N–H and O–H groups in total. The van der Waals surface area contributed by atoms with Gasteiger partial charge >= 0.3 is 0 Å². The van der Waals surface area contributed by atoms with Gasteiger partial charge in [0.1, 0.15) is 17.9 Å². The van der Waals surface area contributed by atoms with Gasteiger partial charge in [-0.3, -0.25) is 5.10 Å². The van der Waals surface area contributed by atoms with Crippen molar-refractivity contribution in [1.82, 2.24) is 15.4 Å². The van der Waals surface area contributed by atoms with E-state index >= 15 is 0 Å². The molecular formula is C17H16IN3O. The van der Waals surface area contributed by atoms with Crippen molar-refractivity contribution in [2.45, 2.75) is 25.9 Å². The van der Waals surface area contributed by atoms with Gasteiger partial charge in [-0.2, -0.15) is 0 Å². The Kier molecular flexibility index (Phi) is 3.73. The van der Waals surface area contributed by atoms with E-state index in [-0.39, 0.29) is 0 Å². The van der Waals surface area contributed by atoms with Crippen molar-refractivity contribution < 1.29 is 4.74 Å². The smallest absolute Gasteiger partial charge is 0.138 e. The van der Waals surface area contributed by atoms with Crippen LogP contribution in [0.1, 0.15) is 24.0 Å². The highest BCUT2D eigenvalue weighted by Crippen LogP contribution is 2.39. The second-order valence-electron chi connectivity index (χ2n) is 5.81. The highest BCUT2D eigenvalue weighted by Gasteiger charge is 2.25. The highest BCUT2D eigenvalue weighted by molar-refractivity contribution is 14.1. The fourth-order valence-electron chi connectivity index (χ4n) is 2.66. The van der Waals surface area contributed by atoms with Crippen molar-refractivity contribution in [1.29, 1.82) is 0 Å². The monoisotopic (exact) mass is 405 g/mol. The number of fused-ring (bicyclic) bond motifs is 1. The number of nitrogens with zero attached hydrogens (tertiary/aromatic N) is 2. The number of H-pyrrole nitrogens is 1. The van der Waals surface area contributed by atoms with E-state index < -0.39 is 0 Å². The molecule has 0 spiro atoms. The quantitative estimate of drug-likeness (QED) is 0.651. The molecule has 5 heteroatoms. The summed E-state index contributed by atoms with van der Waals surface area (Å²) in [7, 11) is 0. The molecule has 3 aromatic rings. The Balaban J connectivity index is 1.68. The molecule has 0 bridgehead atoms. The minimum Gasteiger partial charge on any atom is -0.487 e. The van der Waals surface area contributed by atoms with Crippen LogP contribution in [0.5, 0.6) is 5.75 Å². The Labute approximate surface area is 142 Å². The number of hydrogen-bond donors (Lipinski definition) is 1. The van der Waals surface area contributed by atoms with Gasteiger partial charge in [0.15, 0.2) is 0 Å². The molecule has 4 nitrogen and oxygen atoms in total. The van der Waals surface area contributed by atoms with Gasteiger partial charge in [0.05, 0.1) is 9.09 Å². The first-order chi connectivity index (χ1) is 10.8. The van der Waals surface area contributed by atoms with E-state index in [9.17, 15) is 0 Å². The number of aromatic amines is 1. The summed E-state index contributed by atoms with van der Waals surface area (Å²) < 4.78 is 7.22. The summed E-state index contributed by atoms with van der Waals surface area (Å²) >= 11 is 2.32. The van der Waals surface area contributed by atoms with E-state index in [4.69, 9.17) is 4.74 Å². The number of hydrogen-bond acceptors (Lipinski definition) is 3. The molecule has 1 saturated carbocycles. The summed E-state index contributed by atoms with van der Waals surface area (Å²) in [6.07, 6.45) is 3.73. The van der Waals surface area contributed by atoms with Crippen LogP contribution < -0.4 is 4.74 Å². The third-order valence-electron chi connectivity index (χ3n) is 4.02. The Morgan fingerprint density at radius 2 is 2.05 bits per heavy atom. The summed E-state index contributed by atoms with van der Waals surface area (Å²) in [6, 6.07) is 12.4. The van der Waals surface area contributed by atoms with E-state index in [2.05, 4.69) is 56.2 Å². The highest BCUT2D eigenvalue weighted by atomic mass is 127. The molecule has 0 saturated heterocycles. The number of benzene rings is 2. The van der Waals surface area contributed by atoms with E-state index in [1.54, 1.807) is 0 Å². The number of halogens is 1. The minimum atomic E-state index is 0.581. The third-order valence-corrected chi connectivity index (χ3v) is 5.03. The lowest BCUT2D eigenvalue weighted by molar-refractivity contribution is 0.300. The van der Waals surface area contributed by atoms with Crippen molar-refractivity contribution >= 4 is 33.6 Å². The maximum atomic E-state index is 6.17. The van der Waals surface area contributed by atoms with Crippen molar-refractivity contribution in [3.8, 4) is 5.75 Å². The summed E-state index contributed by atoms with van der Waals surface area (Å²) in [5.74, 6) is 1.78. The molecule has 1 fully saturated rings. The van der Waals surface area contributed by atoms with Crippen LogP contribution in [-0.4, -0.2) is 15.4 Å². The molecule has 2 aromatic carbocycles. The van der Waals surface area contributed by atoms with Crippen LogP contribution in [0.4, 0.5) is 0 Å². The molecule has 0 aliphatic heterocycles. The van der Waals surface area contributed by atoms with Crippen LogP contribution in [0.25, 0.3) is 11.0 Å². The van der Waals surface area contributed by atoms with Crippen LogP contribution in [-0.2, 0) is 13.0 Å². The molecule has 1 aliphatic rings. The normalized spacial score (nSPS) is 14.4. The molecule has 0 unspecified atom stereocenters. The summed E-state index contributed by atoms with van der Waals surface area (Å²) in [4.78, 5) is 0. The van der Waals surface area contributed by atoms with Crippen LogP contribution in [0.15, 0.2) is 36.4 Å². The average molecular weight is 405 g/mol. The molecule has 0 amide bonds. The van der Waals surface area contributed by atoms with Crippen LogP contribution in [0, 0.1) is 9.49 Å². The Bertz CT molecular complexity index is 796. The largest absolute Gasteiger partial charge is 0.487 e. The maximum absolute atomic E-state index is 6.17. The lowest BCUT2D eigenvalue weighted by Crippen LogP contribution is -2.02. The van der Waals surface area contributed by atoms with Crippen molar-refractivity contribution in [3.63, 3.8) is 0 Å². The van der Waals surface area contributed by atoms with Crippen molar-refractivity contribution in [2.75, 3.05) is 0 Å². The standard InChI is InChI=1S/C17H16IN3O/c18-15-16-14(19-21-20-16)9-13(8-11-6-7-11)17(15)22-10-12-4-2-1-3-5-12/h1-5,9,11H,6-8,10H2,(H,19,20,21). The number of rotatable bonds is 5. The lowest BCUT2D eigenvalue weighted by Gasteiger charge is -2.14. The van der Waals surface area contributed by atoms with Crippen molar-refractivity contribution in [2.24, 2.45) is 5.92 Å². The van der Waals surface area contributed by atoms with E-state index in [0.717, 1.165) is 32.7 Å². The Morgan fingerprint density at radius 3 is 2.82 bits per heavy atom. The second kappa shape index (κ2) is 5.87. The van der Waals surface area contributed by atoms with Crippen LogP contribution in [0.2, 0.25) is 0 Å². The molecular weight excluding hydrogens is 389 g/mol. The minimum absolute atomic E-state index is 0.581. The van der Waals surface area contributed by atoms with Crippen LogP contribution >= 0.6 is 22.6 Å². The molecule has 0 atom stereocenters. The SMILES string of the molecule is Ic1c(OCc2ccccc2)c(CC2CC2)cc2[nH]nnc12. The fourth-order valence-corrected chi connectivity index (χ4v) is 3.56. The van der Waals surface area contributed by atoms with E-state index in [1.807, 2.05) is 18.2 Å². The zero-order valence-electron chi connectivity index (χ0n) is 12.1. The van der Waals surface area contributed by atoms with E-state index in [1.165, 1.54) is 24.0 Å². The Morgan fingerprint density at radius 1 is 1.23 bits per heavy atom. The molecule has 1 aliphatic carbocycles. The molecule has 1 heterocycles. The Hall–Kier alpha value is -1.63. The van der Waals surface area contributed by atoms with Crippen LogP contribution in [0.3, 0.4) is 0 Å². The first kappa shape index (κ1) is 14.0. The molecule has 1 aromatic heterocycles. The summed E-state index contributed by atoms with van der Waals surface area (Å²) in [6.45, 7) is 0.581. The molecule has 0 radical (unpaired) electrons. The van der Waals surface area contributed by atoms with Gasteiger partial charge in [0, 0.05) is 0 Å². The van der Waals surface area contributed by atoms with E-state index in [0.29, 0.717) is 6.61 Å². The lowest BCUT2D eigenvalue weighted by atomic mass is 10.1. The van der Waals surface area contributed by atoms with Gasteiger partial charge in [-0.1, -0.05) is 35.5 Å². The second-order valence-corrected chi connectivity index (χ2v) is 6.89. The summed E-state index contributed by atoms with van der Waals surface area (Å²) in [5.41, 5.74) is 4.33. The fraction of sp³-hybridized carbons (Fsp3) is 0.294. The van der Waals surface area contributed by atoms with Crippen molar-refractivity contribution in [3.05, 3.63) is 51.1 Å². The number of aromatic nitrogens is 3. The predicted octanol–water partition coefficient (Wildman–Crippen LogP) is 4.09. The zero-order valence-corrected chi connectivity index (χ0v) is 14.2. The van der Waals surface area contributed by atoms with Gasteiger partial charge in [-0.25, -0.2) is 0 Å². The van der Waals surface area contributed by atoms with Gasteiger partial charge in [0.25, 0.3) is 0 Å².